The minimum atomic E-state index is 0.759. The van der Waals surface area contributed by atoms with Crippen molar-refractivity contribution in [1.82, 2.24) is 19.5 Å². The second-order valence-corrected chi connectivity index (χ2v) is 6.03. The molecule has 0 amide bonds. The third kappa shape index (κ3) is 1.76. The fourth-order valence-electron chi connectivity index (χ4n) is 2.15. The molecule has 0 aliphatic rings. The van der Waals surface area contributed by atoms with Crippen molar-refractivity contribution in [2.75, 3.05) is 0 Å². The lowest BCUT2D eigenvalue weighted by atomic mass is 10.3. The predicted molar refractivity (Wildman–Crippen MR) is 82.9 cm³/mol. The van der Waals surface area contributed by atoms with Crippen LogP contribution in [0.2, 0.25) is 0 Å². The van der Waals surface area contributed by atoms with E-state index in [9.17, 15) is 0 Å². The Balaban J connectivity index is 1.85. The van der Waals surface area contributed by atoms with Gasteiger partial charge in [0.1, 0.15) is 10.7 Å². The number of rotatable bonds is 2. The molecule has 4 aromatic heterocycles. The number of hydrogen-bond acceptors (Lipinski definition) is 5. The van der Waals surface area contributed by atoms with Crippen LogP contribution in [0.25, 0.3) is 33.3 Å². The minimum absolute atomic E-state index is 0.759. The molecule has 0 aliphatic carbocycles. The van der Waals surface area contributed by atoms with Gasteiger partial charge in [-0.2, -0.15) is 11.3 Å². The Morgan fingerprint density at radius 3 is 2.90 bits per heavy atom. The standard InChI is InChI=1S/C14H10N4S2/c1-18-11-3-2-5-15-12(11)17-13(18)10-8-20-14(16-10)9-4-6-19-7-9/h2-8H,1H3. The number of aryl methyl sites for hydroxylation is 1. The van der Waals surface area contributed by atoms with Crippen LogP contribution in [0.5, 0.6) is 0 Å². The maximum Gasteiger partial charge on any atom is 0.178 e. The summed E-state index contributed by atoms with van der Waals surface area (Å²) in [5.74, 6) is 0.858. The van der Waals surface area contributed by atoms with E-state index in [4.69, 9.17) is 4.98 Å². The van der Waals surface area contributed by atoms with Crippen LogP contribution in [-0.2, 0) is 7.05 Å². The first-order valence-corrected chi connectivity index (χ1v) is 7.91. The molecule has 0 aliphatic heterocycles. The summed E-state index contributed by atoms with van der Waals surface area (Å²) in [6.07, 6.45) is 1.76. The average Bonchev–Trinajstić information content (AvgIpc) is 3.17. The zero-order valence-electron chi connectivity index (χ0n) is 10.6. The molecule has 0 bridgehead atoms. The highest BCUT2D eigenvalue weighted by Crippen LogP contribution is 2.30. The van der Waals surface area contributed by atoms with Gasteiger partial charge in [-0.3, -0.25) is 0 Å². The zero-order valence-corrected chi connectivity index (χ0v) is 12.3. The Morgan fingerprint density at radius 2 is 2.10 bits per heavy atom. The highest BCUT2D eigenvalue weighted by atomic mass is 32.1. The smallest absolute Gasteiger partial charge is 0.178 e. The topological polar surface area (TPSA) is 43.6 Å². The Labute approximate surface area is 123 Å². The number of imidazole rings is 1. The number of fused-ring (bicyclic) bond motifs is 1. The molecule has 0 fully saturated rings. The quantitative estimate of drug-likeness (QED) is 0.565. The van der Waals surface area contributed by atoms with Gasteiger partial charge in [0.05, 0.1) is 5.52 Å². The van der Waals surface area contributed by atoms with E-state index >= 15 is 0 Å². The fraction of sp³-hybridized carbons (Fsp3) is 0.0714. The summed E-state index contributed by atoms with van der Waals surface area (Å²) in [7, 11) is 2.00. The Kier molecular flexibility index (Phi) is 2.64. The van der Waals surface area contributed by atoms with Crippen LogP contribution in [0.4, 0.5) is 0 Å². The summed E-state index contributed by atoms with van der Waals surface area (Å²) in [4.78, 5) is 13.6. The monoisotopic (exact) mass is 298 g/mol. The van der Waals surface area contributed by atoms with E-state index in [2.05, 4.69) is 26.8 Å². The van der Waals surface area contributed by atoms with E-state index in [1.165, 1.54) is 5.56 Å². The van der Waals surface area contributed by atoms with Gasteiger partial charge in [-0.1, -0.05) is 0 Å². The molecule has 0 radical (unpaired) electrons. The van der Waals surface area contributed by atoms with Gasteiger partial charge < -0.3 is 4.57 Å². The molecule has 0 saturated carbocycles. The second-order valence-electron chi connectivity index (χ2n) is 4.39. The molecule has 4 heterocycles. The lowest BCUT2D eigenvalue weighted by molar-refractivity contribution is 0.953. The summed E-state index contributed by atoms with van der Waals surface area (Å²) in [5, 5.41) is 7.25. The largest absolute Gasteiger partial charge is 0.324 e. The van der Waals surface area contributed by atoms with Gasteiger partial charge >= 0.3 is 0 Å². The van der Waals surface area contributed by atoms with E-state index in [-0.39, 0.29) is 0 Å². The molecule has 20 heavy (non-hydrogen) atoms. The first kappa shape index (κ1) is 11.7. The Bertz CT molecular complexity index is 874. The van der Waals surface area contributed by atoms with Crippen LogP contribution >= 0.6 is 22.7 Å². The van der Waals surface area contributed by atoms with Crippen molar-refractivity contribution in [3.63, 3.8) is 0 Å². The van der Waals surface area contributed by atoms with Crippen LogP contribution in [-0.4, -0.2) is 19.5 Å². The lowest BCUT2D eigenvalue weighted by Gasteiger charge is -1.97. The van der Waals surface area contributed by atoms with Gasteiger partial charge in [-0.15, -0.1) is 11.3 Å². The third-order valence-electron chi connectivity index (χ3n) is 3.16. The molecule has 0 spiro atoms. The van der Waals surface area contributed by atoms with Crippen molar-refractivity contribution in [3.05, 3.63) is 40.5 Å². The van der Waals surface area contributed by atoms with Crippen LogP contribution in [0.15, 0.2) is 40.5 Å². The molecule has 0 N–H and O–H groups in total. The number of pyridine rings is 1. The van der Waals surface area contributed by atoms with E-state index in [1.807, 2.05) is 29.1 Å². The summed E-state index contributed by atoms with van der Waals surface area (Å²) < 4.78 is 2.04. The van der Waals surface area contributed by atoms with Crippen LogP contribution in [0, 0.1) is 0 Å². The van der Waals surface area contributed by atoms with Crippen molar-refractivity contribution in [1.29, 1.82) is 0 Å². The summed E-state index contributed by atoms with van der Waals surface area (Å²) in [6, 6.07) is 6.03. The number of nitrogens with zero attached hydrogens (tertiary/aromatic N) is 4. The number of hydrogen-bond donors (Lipinski definition) is 0. The molecule has 4 nitrogen and oxygen atoms in total. The van der Waals surface area contributed by atoms with Gasteiger partial charge in [-0.25, -0.2) is 15.0 Å². The maximum absolute atomic E-state index is 4.69. The number of thiazole rings is 1. The summed E-state index contributed by atoms with van der Waals surface area (Å²) in [5.41, 5.74) is 3.85. The molecule has 0 atom stereocenters. The summed E-state index contributed by atoms with van der Waals surface area (Å²) >= 11 is 3.32. The fourth-order valence-corrected chi connectivity index (χ4v) is 3.66. The third-order valence-corrected chi connectivity index (χ3v) is 4.73. The molecule has 0 saturated heterocycles. The first-order valence-electron chi connectivity index (χ1n) is 6.09. The Hall–Kier alpha value is -2.05. The van der Waals surface area contributed by atoms with Crippen molar-refractivity contribution in [3.8, 4) is 22.1 Å². The maximum atomic E-state index is 4.69. The van der Waals surface area contributed by atoms with E-state index in [1.54, 1.807) is 28.9 Å². The van der Waals surface area contributed by atoms with Crippen molar-refractivity contribution < 1.29 is 0 Å². The Morgan fingerprint density at radius 1 is 1.15 bits per heavy atom. The highest BCUT2D eigenvalue weighted by molar-refractivity contribution is 7.14. The molecule has 4 rings (SSSR count). The molecular weight excluding hydrogens is 288 g/mol. The zero-order chi connectivity index (χ0) is 13.5. The average molecular weight is 298 g/mol. The van der Waals surface area contributed by atoms with E-state index < -0.39 is 0 Å². The van der Waals surface area contributed by atoms with Crippen molar-refractivity contribution in [2.45, 2.75) is 0 Å². The first-order chi connectivity index (χ1) is 9.83. The van der Waals surface area contributed by atoms with Crippen LogP contribution < -0.4 is 0 Å². The molecular formula is C14H10N4S2. The van der Waals surface area contributed by atoms with Crippen LogP contribution in [0.3, 0.4) is 0 Å². The van der Waals surface area contributed by atoms with Crippen LogP contribution in [0.1, 0.15) is 0 Å². The molecule has 98 valence electrons. The molecule has 4 aromatic rings. The molecule has 6 heteroatoms. The van der Waals surface area contributed by atoms with Gasteiger partial charge in [0.2, 0.25) is 0 Å². The number of aromatic nitrogens is 4. The van der Waals surface area contributed by atoms with E-state index in [0.29, 0.717) is 0 Å². The molecule has 0 aromatic carbocycles. The van der Waals surface area contributed by atoms with Gasteiger partial charge in [-0.05, 0) is 23.6 Å². The van der Waals surface area contributed by atoms with Crippen molar-refractivity contribution in [2.24, 2.45) is 7.05 Å². The minimum Gasteiger partial charge on any atom is -0.324 e. The predicted octanol–water partition coefficient (Wildman–Crippen LogP) is 3.82. The SMILES string of the molecule is Cn1c(-c2csc(-c3ccsc3)n2)nc2ncccc21. The normalized spacial score (nSPS) is 11.2. The van der Waals surface area contributed by atoms with Gasteiger partial charge in [0.25, 0.3) is 0 Å². The lowest BCUT2D eigenvalue weighted by Crippen LogP contribution is -1.92. The van der Waals surface area contributed by atoms with Gasteiger partial charge in [0, 0.05) is 29.6 Å². The molecule has 0 unspecified atom stereocenters. The summed E-state index contributed by atoms with van der Waals surface area (Å²) in [6.45, 7) is 0. The second kappa shape index (κ2) is 4.50. The number of thiophene rings is 1. The van der Waals surface area contributed by atoms with E-state index in [0.717, 1.165) is 27.7 Å². The van der Waals surface area contributed by atoms with Gasteiger partial charge in [0.15, 0.2) is 11.5 Å². The van der Waals surface area contributed by atoms with Crippen molar-refractivity contribution >= 4 is 33.8 Å². The highest BCUT2D eigenvalue weighted by Gasteiger charge is 2.14.